The zero-order valence-corrected chi connectivity index (χ0v) is 18.6. The number of nitrogens with zero attached hydrogens (tertiary/aromatic N) is 3. The number of hydrogen-bond donors (Lipinski definition) is 0. The summed E-state index contributed by atoms with van der Waals surface area (Å²) in [6.45, 7) is 0.844. The van der Waals surface area contributed by atoms with Crippen LogP contribution in [-0.2, 0) is 13.2 Å². The molecule has 7 heteroatoms. The Morgan fingerprint density at radius 3 is 2.25 bits per heavy atom. The lowest BCUT2D eigenvalue weighted by atomic mass is 10.2. The van der Waals surface area contributed by atoms with Crippen molar-refractivity contribution in [3.63, 3.8) is 0 Å². The molecule has 0 bridgehead atoms. The summed E-state index contributed by atoms with van der Waals surface area (Å²) in [7, 11) is 3.66. The number of anilines is 1. The van der Waals surface area contributed by atoms with Gasteiger partial charge in [0.05, 0.1) is 19.3 Å². The molecule has 0 amide bonds. The Labute approximate surface area is 191 Å². The van der Waals surface area contributed by atoms with Gasteiger partial charge >= 0.3 is 0 Å². The molecule has 5 nitrogen and oxygen atoms in total. The summed E-state index contributed by atoms with van der Waals surface area (Å²) in [6.07, 6.45) is 1.99. The maximum atomic E-state index is 13.2. The first-order chi connectivity index (χ1) is 15.5. The number of imidazole rings is 1. The highest BCUT2D eigenvalue weighted by Gasteiger charge is 2.13. The van der Waals surface area contributed by atoms with E-state index in [0.29, 0.717) is 17.3 Å². The minimum absolute atomic E-state index is 0.237. The van der Waals surface area contributed by atoms with Gasteiger partial charge in [-0.1, -0.05) is 11.6 Å². The van der Waals surface area contributed by atoms with Gasteiger partial charge in [0, 0.05) is 29.6 Å². The van der Waals surface area contributed by atoms with Crippen molar-refractivity contribution in [3.05, 3.63) is 101 Å². The molecule has 3 aromatic carbocycles. The van der Waals surface area contributed by atoms with Crippen LogP contribution in [0, 0.1) is 5.82 Å². The summed E-state index contributed by atoms with van der Waals surface area (Å²) in [4.78, 5) is 6.92. The summed E-state index contributed by atoms with van der Waals surface area (Å²) >= 11 is 6.06. The molecule has 1 heterocycles. The second-order valence-electron chi connectivity index (χ2n) is 7.29. The first-order valence-corrected chi connectivity index (χ1v) is 10.5. The van der Waals surface area contributed by atoms with E-state index in [9.17, 15) is 4.39 Å². The standard InChI is InChI=1S/C25H23ClFN3O2/c1-29(21-9-13-23(31-2)14-10-21)15-20-16-30(22-7-3-18(26)4-8-22)25(28-20)17-32-24-11-5-19(27)6-12-24/h3-14,16H,15,17H2,1-2H3. The molecule has 0 fully saturated rings. The highest BCUT2D eigenvalue weighted by Crippen LogP contribution is 2.22. The Balaban J connectivity index is 1.57. The van der Waals surface area contributed by atoms with Crippen LogP contribution in [0.1, 0.15) is 11.5 Å². The molecule has 0 N–H and O–H groups in total. The minimum atomic E-state index is -0.302. The first-order valence-electron chi connectivity index (χ1n) is 10.1. The number of hydrogen-bond acceptors (Lipinski definition) is 4. The fourth-order valence-corrected chi connectivity index (χ4v) is 3.45. The molecule has 4 aromatic rings. The molecular formula is C25H23ClFN3O2. The molecule has 32 heavy (non-hydrogen) atoms. The summed E-state index contributed by atoms with van der Waals surface area (Å²) in [6, 6.07) is 21.4. The van der Waals surface area contributed by atoms with Crippen LogP contribution in [0.5, 0.6) is 11.5 Å². The van der Waals surface area contributed by atoms with E-state index in [1.165, 1.54) is 12.1 Å². The molecule has 164 valence electrons. The molecule has 0 saturated carbocycles. The molecule has 0 unspecified atom stereocenters. The second kappa shape index (κ2) is 9.75. The van der Waals surface area contributed by atoms with Crippen molar-refractivity contribution in [1.29, 1.82) is 0 Å². The van der Waals surface area contributed by atoms with Crippen molar-refractivity contribution in [3.8, 4) is 17.2 Å². The summed E-state index contributed by atoms with van der Waals surface area (Å²) in [5.74, 6) is 1.82. The number of rotatable bonds is 8. The molecule has 1 aromatic heterocycles. The van der Waals surface area contributed by atoms with Crippen LogP contribution >= 0.6 is 11.6 Å². The average Bonchev–Trinajstić information content (AvgIpc) is 3.21. The van der Waals surface area contributed by atoms with Crippen LogP contribution in [0.4, 0.5) is 10.1 Å². The average molecular weight is 452 g/mol. The van der Waals surface area contributed by atoms with Crippen molar-refractivity contribution >= 4 is 17.3 Å². The quantitative estimate of drug-likeness (QED) is 0.335. The molecule has 0 atom stereocenters. The van der Waals surface area contributed by atoms with Crippen LogP contribution in [0.15, 0.2) is 79.0 Å². The maximum absolute atomic E-state index is 13.2. The van der Waals surface area contributed by atoms with E-state index in [2.05, 4.69) is 4.90 Å². The van der Waals surface area contributed by atoms with Gasteiger partial charge in [-0.3, -0.25) is 0 Å². The van der Waals surface area contributed by atoms with Gasteiger partial charge in [-0.05, 0) is 72.8 Å². The Hall–Kier alpha value is -3.51. The third-order valence-corrected chi connectivity index (χ3v) is 5.28. The van der Waals surface area contributed by atoms with Crippen LogP contribution in [0.2, 0.25) is 5.02 Å². The minimum Gasteiger partial charge on any atom is -0.497 e. The molecule has 0 aliphatic carbocycles. The molecule has 0 spiro atoms. The van der Waals surface area contributed by atoms with Gasteiger partial charge in [0.15, 0.2) is 5.82 Å². The van der Waals surface area contributed by atoms with E-state index in [1.54, 1.807) is 19.2 Å². The van der Waals surface area contributed by atoms with E-state index in [1.807, 2.05) is 66.3 Å². The Bertz CT molecular complexity index is 1160. The van der Waals surface area contributed by atoms with Crippen LogP contribution < -0.4 is 14.4 Å². The van der Waals surface area contributed by atoms with Gasteiger partial charge in [-0.15, -0.1) is 0 Å². The smallest absolute Gasteiger partial charge is 0.151 e. The van der Waals surface area contributed by atoms with Gasteiger partial charge in [0.1, 0.15) is 23.9 Å². The predicted molar refractivity (Wildman–Crippen MR) is 124 cm³/mol. The van der Waals surface area contributed by atoms with Gasteiger partial charge in [0.25, 0.3) is 0 Å². The van der Waals surface area contributed by atoms with Crippen LogP contribution in [-0.4, -0.2) is 23.7 Å². The van der Waals surface area contributed by atoms with E-state index < -0.39 is 0 Å². The third kappa shape index (κ3) is 5.21. The zero-order valence-electron chi connectivity index (χ0n) is 17.8. The predicted octanol–water partition coefficient (Wildman–Crippen LogP) is 5.89. The lowest BCUT2D eigenvalue weighted by Crippen LogP contribution is -2.16. The molecule has 0 aliphatic rings. The Morgan fingerprint density at radius 2 is 1.59 bits per heavy atom. The normalized spacial score (nSPS) is 10.8. The zero-order chi connectivity index (χ0) is 22.5. The van der Waals surface area contributed by atoms with Crippen molar-refractivity contribution in [2.24, 2.45) is 0 Å². The monoisotopic (exact) mass is 451 g/mol. The van der Waals surface area contributed by atoms with E-state index >= 15 is 0 Å². The maximum Gasteiger partial charge on any atom is 0.151 e. The second-order valence-corrected chi connectivity index (χ2v) is 7.73. The molecular weight excluding hydrogens is 429 g/mol. The number of halogens is 2. The van der Waals surface area contributed by atoms with Crippen molar-refractivity contribution < 1.29 is 13.9 Å². The summed E-state index contributed by atoms with van der Waals surface area (Å²) in [5.41, 5.74) is 2.87. The summed E-state index contributed by atoms with van der Waals surface area (Å²) < 4.78 is 26.3. The van der Waals surface area contributed by atoms with Gasteiger partial charge < -0.3 is 18.9 Å². The SMILES string of the molecule is COc1ccc(N(C)Cc2cn(-c3ccc(Cl)cc3)c(COc3ccc(F)cc3)n2)cc1. The lowest BCUT2D eigenvalue weighted by Gasteiger charge is -2.18. The number of aromatic nitrogens is 2. The highest BCUT2D eigenvalue weighted by atomic mass is 35.5. The largest absolute Gasteiger partial charge is 0.497 e. The molecule has 4 rings (SSSR count). The van der Waals surface area contributed by atoms with Gasteiger partial charge in [-0.2, -0.15) is 0 Å². The first kappa shape index (κ1) is 21.7. The Morgan fingerprint density at radius 1 is 0.938 bits per heavy atom. The molecule has 0 radical (unpaired) electrons. The van der Waals surface area contributed by atoms with E-state index in [0.717, 1.165) is 28.6 Å². The van der Waals surface area contributed by atoms with Gasteiger partial charge in [0.2, 0.25) is 0 Å². The number of methoxy groups -OCH3 is 1. The van der Waals surface area contributed by atoms with Crippen molar-refractivity contribution in [2.75, 3.05) is 19.1 Å². The fraction of sp³-hybridized carbons (Fsp3) is 0.160. The number of ether oxygens (including phenoxy) is 2. The highest BCUT2D eigenvalue weighted by molar-refractivity contribution is 6.30. The summed E-state index contributed by atoms with van der Waals surface area (Å²) in [5, 5.41) is 0.664. The van der Waals surface area contributed by atoms with E-state index in [4.69, 9.17) is 26.1 Å². The third-order valence-electron chi connectivity index (χ3n) is 5.03. The molecule has 0 saturated heterocycles. The lowest BCUT2D eigenvalue weighted by molar-refractivity contribution is 0.293. The topological polar surface area (TPSA) is 39.5 Å². The van der Waals surface area contributed by atoms with E-state index in [-0.39, 0.29) is 12.4 Å². The van der Waals surface area contributed by atoms with Crippen LogP contribution in [0.3, 0.4) is 0 Å². The number of benzene rings is 3. The molecule has 0 aliphatic heterocycles. The van der Waals surface area contributed by atoms with Crippen molar-refractivity contribution in [1.82, 2.24) is 9.55 Å². The van der Waals surface area contributed by atoms with Crippen molar-refractivity contribution in [2.45, 2.75) is 13.2 Å². The fourth-order valence-electron chi connectivity index (χ4n) is 3.32. The Kier molecular flexibility index (Phi) is 6.61. The van der Waals surface area contributed by atoms with Gasteiger partial charge in [-0.25, -0.2) is 9.37 Å². The van der Waals surface area contributed by atoms with Crippen LogP contribution in [0.25, 0.3) is 5.69 Å².